The fraction of sp³-hybridized carbons (Fsp3) is 1.00. The van der Waals surface area contributed by atoms with E-state index in [1.165, 1.54) is 25.7 Å². The van der Waals surface area contributed by atoms with Gasteiger partial charge in [-0.2, -0.15) is 0 Å². The molecule has 0 amide bonds. The lowest BCUT2D eigenvalue weighted by atomic mass is 9.67. The molecule has 1 N–H and O–H groups in total. The lowest BCUT2D eigenvalue weighted by Crippen LogP contribution is -2.53. The average molecular weight is 273 g/mol. The van der Waals surface area contributed by atoms with Crippen LogP contribution in [0, 0.1) is 5.41 Å². The third-order valence-electron chi connectivity index (χ3n) is 5.54. The van der Waals surface area contributed by atoms with Crippen molar-refractivity contribution in [1.29, 1.82) is 0 Å². The van der Waals surface area contributed by atoms with Gasteiger partial charge in [0.1, 0.15) is 0 Å². The molecule has 3 fully saturated rings. The molecule has 110 valence electrons. The Bertz CT molecular complexity index is 313. The molecule has 0 aromatic heterocycles. The second-order valence-corrected chi connectivity index (χ2v) is 6.83. The largest absolute Gasteiger partial charge is 0.393 e. The minimum atomic E-state index is -2.25. The minimum Gasteiger partial charge on any atom is -0.393 e. The van der Waals surface area contributed by atoms with Gasteiger partial charge in [0.2, 0.25) is 0 Å². The quantitative estimate of drug-likeness (QED) is 0.850. The van der Waals surface area contributed by atoms with Crippen LogP contribution in [0.4, 0.5) is 8.78 Å². The zero-order valence-electron chi connectivity index (χ0n) is 11.5. The monoisotopic (exact) mass is 273 g/mol. The third-order valence-corrected chi connectivity index (χ3v) is 5.54. The van der Waals surface area contributed by atoms with Crippen molar-refractivity contribution in [3.63, 3.8) is 0 Å². The first kappa shape index (κ1) is 13.7. The summed E-state index contributed by atoms with van der Waals surface area (Å²) >= 11 is 0. The Labute approximate surface area is 114 Å². The van der Waals surface area contributed by atoms with Gasteiger partial charge in [-0.15, -0.1) is 0 Å². The second-order valence-electron chi connectivity index (χ2n) is 6.83. The molecule has 3 aliphatic rings. The summed E-state index contributed by atoms with van der Waals surface area (Å²) in [6, 6.07) is 0.557. The van der Waals surface area contributed by atoms with Crippen LogP contribution < -0.4 is 0 Å². The Morgan fingerprint density at radius 1 is 1.11 bits per heavy atom. The van der Waals surface area contributed by atoms with Crippen molar-refractivity contribution in [3.8, 4) is 0 Å². The molecule has 0 radical (unpaired) electrons. The van der Waals surface area contributed by atoms with Crippen LogP contribution in [-0.4, -0.2) is 41.2 Å². The van der Waals surface area contributed by atoms with Crippen molar-refractivity contribution >= 4 is 0 Å². The Morgan fingerprint density at radius 3 is 2.37 bits per heavy atom. The van der Waals surface area contributed by atoms with Crippen LogP contribution in [-0.2, 0) is 0 Å². The molecule has 0 heterocycles. The van der Waals surface area contributed by atoms with E-state index in [9.17, 15) is 13.9 Å². The summed E-state index contributed by atoms with van der Waals surface area (Å²) in [7, 11) is 0. The summed E-state index contributed by atoms with van der Waals surface area (Å²) in [5, 5.41) is 9.99. The molecule has 2 unspecified atom stereocenters. The maximum absolute atomic E-state index is 12.9. The van der Waals surface area contributed by atoms with E-state index in [1.807, 2.05) is 0 Å². The molecule has 1 spiro atoms. The summed E-state index contributed by atoms with van der Waals surface area (Å²) in [5.74, 6) is 0. The van der Waals surface area contributed by atoms with E-state index in [2.05, 4.69) is 4.90 Å². The van der Waals surface area contributed by atoms with Crippen LogP contribution in [0.5, 0.6) is 0 Å². The molecule has 19 heavy (non-hydrogen) atoms. The molecule has 0 saturated heterocycles. The smallest absolute Gasteiger partial charge is 0.251 e. The molecule has 0 aliphatic heterocycles. The van der Waals surface area contributed by atoms with E-state index in [0.29, 0.717) is 12.5 Å². The maximum atomic E-state index is 12.9. The van der Waals surface area contributed by atoms with Gasteiger partial charge in [0.15, 0.2) is 0 Å². The highest BCUT2D eigenvalue weighted by Crippen LogP contribution is 2.52. The summed E-state index contributed by atoms with van der Waals surface area (Å²) in [4.78, 5) is 2.07. The number of hydrogen-bond donors (Lipinski definition) is 1. The van der Waals surface area contributed by atoms with Gasteiger partial charge in [-0.3, -0.25) is 4.90 Å². The summed E-state index contributed by atoms with van der Waals surface area (Å²) in [6.07, 6.45) is 7.03. The fourth-order valence-corrected chi connectivity index (χ4v) is 4.49. The highest BCUT2D eigenvalue weighted by molar-refractivity contribution is 5.03. The Morgan fingerprint density at radius 2 is 1.79 bits per heavy atom. The number of aliphatic hydroxyl groups is 1. The first-order chi connectivity index (χ1) is 9.11. The van der Waals surface area contributed by atoms with Gasteiger partial charge in [-0.25, -0.2) is 8.78 Å². The first-order valence-electron chi connectivity index (χ1n) is 7.83. The molecular formula is C15H25F2NO. The number of alkyl halides is 2. The molecule has 3 aliphatic carbocycles. The molecule has 2 atom stereocenters. The molecule has 3 rings (SSSR count). The SMILES string of the molecule is OC1CCC2(CCCC2)C(N(CC(F)F)C2CC2)C1. The predicted octanol–water partition coefficient (Wildman–Crippen LogP) is 3.19. The summed E-state index contributed by atoms with van der Waals surface area (Å²) < 4.78 is 25.8. The fourth-order valence-electron chi connectivity index (χ4n) is 4.49. The third kappa shape index (κ3) is 2.80. The van der Waals surface area contributed by atoms with Crippen LogP contribution in [0.2, 0.25) is 0 Å². The van der Waals surface area contributed by atoms with E-state index in [4.69, 9.17) is 0 Å². The number of halogens is 2. The van der Waals surface area contributed by atoms with Crippen molar-refractivity contribution in [2.75, 3.05) is 6.54 Å². The van der Waals surface area contributed by atoms with Crippen LogP contribution >= 0.6 is 0 Å². The van der Waals surface area contributed by atoms with E-state index < -0.39 is 6.43 Å². The van der Waals surface area contributed by atoms with Gasteiger partial charge in [-0.05, 0) is 50.4 Å². The minimum absolute atomic E-state index is 0.0934. The maximum Gasteiger partial charge on any atom is 0.251 e. The molecule has 4 heteroatoms. The van der Waals surface area contributed by atoms with Gasteiger partial charge in [0.05, 0.1) is 12.6 Å². The van der Waals surface area contributed by atoms with Gasteiger partial charge < -0.3 is 5.11 Å². The molecule has 0 aromatic carbocycles. The lowest BCUT2D eigenvalue weighted by molar-refractivity contribution is -0.0492. The zero-order valence-corrected chi connectivity index (χ0v) is 11.5. The molecule has 0 bridgehead atoms. The molecule has 0 aromatic rings. The van der Waals surface area contributed by atoms with Crippen LogP contribution in [0.15, 0.2) is 0 Å². The van der Waals surface area contributed by atoms with Crippen molar-refractivity contribution in [2.45, 2.75) is 82.4 Å². The van der Waals surface area contributed by atoms with Crippen LogP contribution in [0.25, 0.3) is 0 Å². The lowest BCUT2D eigenvalue weighted by Gasteiger charge is -2.49. The van der Waals surface area contributed by atoms with E-state index >= 15 is 0 Å². The van der Waals surface area contributed by atoms with Crippen LogP contribution in [0.1, 0.15) is 57.8 Å². The normalized spacial score (nSPS) is 34.6. The molecule has 2 nitrogen and oxygen atoms in total. The second kappa shape index (κ2) is 5.28. The van der Waals surface area contributed by atoms with E-state index in [0.717, 1.165) is 25.7 Å². The van der Waals surface area contributed by atoms with Crippen molar-refractivity contribution < 1.29 is 13.9 Å². The summed E-state index contributed by atoms with van der Waals surface area (Å²) in [5.41, 5.74) is 0.233. The van der Waals surface area contributed by atoms with Gasteiger partial charge in [-0.1, -0.05) is 12.8 Å². The Kier molecular flexibility index (Phi) is 3.82. The van der Waals surface area contributed by atoms with E-state index in [1.54, 1.807) is 0 Å². The van der Waals surface area contributed by atoms with E-state index in [-0.39, 0.29) is 24.1 Å². The van der Waals surface area contributed by atoms with Crippen molar-refractivity contribution in [2.24, 2.45) is 5.41 Å². The van der Waals surface area contributed by atoms with Crippen molar-refractivity contribution in [1.82, 2.24) is 4.90 Å². The zero-order chi connectivity index (χ0) is 13.5. The average Bonchev–Trinajstić information content (AvgIpc) is 3.10. The predicted molar refractivity (Wildman–Crippen MR) is 70.3 cm³/mol. The molecular weight excluding hydrogens is 248 g/mol. The number of rotatable bonds is 4. The first-order valence-corrected chi connectivity index (χ1v) is 7.83. The highest BCUT2D eigenvalue weighted by Gasteiger charge is 2.50. The molecule has 3 saturated carbocycles. The Balaban J connectivity index is 1.79. The van der Waals surface area contributed by atoms with Gasteiger partial charge >= 0.3 is 0 Å². The topological polar surface area (TPSA) is 23.5 Å². The van der Waals surface area contributed by atoms with Crippen molar-refractivity contribution in [3.05, 3.63) is 0 Å². The number of aliphatic hydroxyl groups excluding tert-OH is 1. The standard InChI is InChI=1S/C15H25F2NO/c16-14(17)10-18(11-3-4-11)13-9-12(19)5-8-15(13)6-1-2-7-15/h11-14,19H,1-10H2. The van der Waals surface area contributed by atoms with Gasteiger partial charge in [0.25, 0.3) is 6.43 Å². The number of hydrogen-bond acceptors (Lipinski definition) is 2. The highest BCUT2D eigenvalue weighted by atomic mass is 19.3. The Hall–Kier alpha value is -0.220. The van der Waals surface area contributed by atoms with Gasteiger partial charge in [0, 0.05) is 12.1 Å². The number of nitrogens with zero attached hydrogens (tertiary/aromatic N) is 1. The van der Waals surface area contributed by atoms with Crippen LogP contribution in [0.3, 0.4) is 0 Å². The summed E-state index contributed by atoms with van der Waals surface area (Å²) in [6.45, 7) is -0.0934.